The van der Waals surface area contributed by atoms with Crippen molar-refractivity contribution in [2.75, 3.05) is 0 Å². The van der Waals surface area contributed by atoms with E-state index in [0.717, 1.165) is 16.6 Å². The number of hydrogen-bond donors (Lipinski definition) is 0. The van der Waals surface area contributed by atoms with Gasteiger partial charge in [0.1, 0.15) is 11.4 Å². The Labute approximate surface area is 115 Å². The van der Waals surface area contributed by atoms with Crippen molar-refractivity contribution in [3.63, 3.8) is 0 Å². The molecule has 100 valence electrons. The third-order valence-corrected chi connectivity index (χ3v) is 3.06. The fourth-order valence-corrected chi connectivity index (χ4v) is 2.04. The zero-order valence-corrected chi connectivity index (χ0v) is 11.2. The van der Waals surface area contributed by atoms with Crippen LogP contribution in [-0.4, -0.2) is 20.7 Å². The smallest absolute Gasteiger partial charge is 0.362 e. The molecule has 0 aliphatic heterocycles. The first kappa shape index (κ1) is 12.3. The Hall–Kier alpha value is -2.69. The summed E-state index contributed by atoms with van der Waals surface area (Å²) in [5.74, 6) is 0.0688. The SMILES string of the molecule is Cc1ccc2c(OC(=O)c3ccnn3C)cccc2n1. The number of hydrogen-bond acceptors (Lipinski definition) is 4. The van der Waals surface area contributed by atoms with E-state index in [4.69, 9.17) is 4.74 Å². The molecule has 5 heteroatoms. The van der Waals surface area contributed by atoms with Crippen LogP contribution in [-0.2, 0) is 7.05 Å². The van der Waals surface area contributed by atoms with Crippen molar-refractivity contribution in [3.05, 3.63) is 54.0 Å². The molecule has 0 fully saturated rings. The number of carbonyl (C=O) groups excluding carboxylic acids is 1. The summed E-state index contributed by atoms with van der Waals surface area (Å²) in [5, 5.41) is 4.77. The van der Waals surface area contributed by atoms with Crippen LogP contribution in [0.15, 0.2) is 42.6 Å². The van der Waals surface area contributed by atoms with Crippen LogP contribution in [0.25, 0.3) is 10.9 Å². The van der Waals surface area contributed by atoms with E-state index in [1.807, 2.05) is 31.2 Å². The van der Waals surface area contributed by atoms with Gasteiger partial charge in [-0.15, -0.1) is 0 Å². The highest BCUT2D eigenvalue weighted by molar-refractivity contribution is 5.93. The number of esters is 1. The highest BCUT2D eigenvalue weighted by Gasteiger charge is 2.14. The summed E-state index contributed by atoms with van der Waals surface area (Å²) in [6.45, 7) is 1.92. The molecule has 3 aromatic rings. The average Bonchev–Trinajstić information content (AvgIpc) is 2.85. The normalized spacial score (nSPS) is 10.7. The Morgan fingerprint density at radius 1 is 1.20 bits per heavy atom. The second kappa shape index (κ2) is 4.77. The first-order valence-corrected chi connectivity index (χ1v) is 6.22. The van der Waals surface area contributed by atoms with Gasteiger partial charge in [-0.2, -0.15) is 5.10 Å². The largest absolute Gasteiger partial charge is 0.421 e. The molecular weight excluding hydrogens is 254 g/mol. The van der Waals surface area contributed by atoms with Crippen LogP contribution in [0.3, 0.4) is 0 Å². The van der Waals surface area contributed by atoms with E-state index in [1.54, 1.807) is 25.4 Å². The van der Waals surface area contributed by atoms with Gasteiger partial charge in [-0.25, -0.2) is 4.79 Å². The molecular formula is C15H13N3O2. The molecule has 3 rings (SSSR count). The van der Waals surface area contributed by atoms with E-state index in [0.29, 0.717) is 11.4 Å². The predicted molar refractivity (Wildman–Crippen MR) is 74.6 cm³/mol. The second-order valence-electron chi connectivity index (χ2n) is 4.51. The lowest BCUT2D eigenvalue weighted by Gasteiger charge is -2.07. The minimum absolute atomic E-state index is 0.405. The number of carbonyl (C=O) groups is 1. The van der Waals surface area contributed by atoms with Crippen LogP contribution in [0.1, 0.15) is 16.2 Å². The van der Waals surface area contributed by atoms with Gasteiger partial charge >= 0.3 is 5.97 Å². The van der Waals surface area contributed by atoms with Crippen molar-refractivity contribution in [1.29, 1.82) is 0 Å². The van der Waals surface area contributed by atoms with E-state index in [2.05, 4.69) is 10.1 Å². The molecule has 0 saturated heterocycles. The van der Waals surface area contributed by atoms with Crippen LogP contribution in [0.2, 0.25) is 0 Å². The molecule has 0 aliphatic rings. The number of fused-ring (bicyclic) bond motifs is 1. The lowest BCUT2D eigenvalue weighted by Crippen LogP contribution is -2.13. The van der Waals surface area contributed by atoms with Gasteiger partial charge in [0, 0.05) is 24.3 Å². The van der Waals surface area contributed by atoms with Gasteiger partial charge in [-0.3, -0.25) is 9.67 Å². The zero-order chi connectivity index (χ0) is 14.1. The number of ether oxygens (including phenoxy) is 1. The molecule has 0 unspecified atom stereocenters. The van der Waals surface area contributed by atoms with Gasteiger partial charge in [0.15, 0.2) is 0 Å². The summed E-state index contributed by atoms with van der Waals surface area (Å²) in [7, 11) is 1.70. The summed E-state index contributed by atoms with van der Waals surface area (Å²) < 4.78 is 6.93. The van der Waals surface area contributed by atoms with Gasteiger partial charge in [0.05, 0.1) is 5.52 Å². The fourth-order valence-electron chi connectivity index (χ4n) is 2.04. The number of pyridine rings is 1. The predicted octanol–water partition coefficient (Wildman–Crippen LogP) is 2.50. The Kier molecular flexibility index (Phi) is 2.95. The summed E-state index contributed by atoms with van der Waals surface area (Å²) in [5.41, 5.74) is 2.13. The topological polar surface area (TPSA) is 57.0 Å². The van der Waals surface area contributed by atoms with E-state index >= 15 is 0 Å². The minimum atomic E-state index is -0.432. The number of aromatic nitrogens is 3. The van der Waals surface area contributed by atoms with Crippen LogP contribution in [0, 0.1) is 6.92 Å². The average molecular weight is 267 g/mol. The maximum absolute atomic E-state index is 12.1. The molecule has 0 aliphatic carbocycles. The highest BCUT2D eigenvalue weighted by Crippen LogP contribution is 2.25. The van der Waals surface area contributed by atoms with E-state index in [1.165, 1.54) is 4.68 Å². The molecule has 0 atom stereocenters. The van der Waals surface area contributed by atoms with E-state index in [9.17, 15) is 4.79 Å². The standard InChI is InChI=1S/C15H13N3O2/c1-10-6-7-11-12(17-10)4-3-5-14(11)20-15(19)13-8-9-16-18(13)2/h3-9H,1-2H3. The maximum atomic E-state index is 12.1. The molecule has 0 spiro atoms. The van der Waals surface area contributed by atoms with Crippen molar-refractivity contribution >= 4 is 16.9 Å². The second-order valence-corrected chi connectivity index (χ2v) is 4.51. The Morgan fingerprint density at radius 3 is 2.80 bits per heavy atom. The molecule has 20 heavy (non-hydrogen) atoms. The number of benzene rings is 1. The third-order valence-electron chi connectivity index (χ3n) is 3.06. The molecule has 0 amide bonds. The van der Waals surface area contributed by atoms with E-state index < -0.39 is 5.97 Å². The van der Waals surface area contributed by atoms with Gasteiger partial charge in [-0.05, 0) is 37.3 Å². The van der Waals surface area contributed by atoms with Crippen LogP contribution >= 0.6 is 0 Å². The monoisotopic (exact) mass is 267 g/mol. The van der Waals surface area contributed by atoms with Crippen molar-refractivity contribution < 1.29 is 9.53 Å². The first-order chi connectivity index (χ1) is 9.65. The lowest BCUT2D eigenvalue weighted by molar-refractivity contribution is 0.0725. The van der Waals surface area contributed by atoms with Crippen molar-refractivity contribution in [1.82, 2.24) is 14.8 Å². The first-order valence-electron chi connectivity index (χ1n) is 6.22. The number of aryl methyl sites for hydroxylation is 2. The van der Waals surface area contributed by atoms with Crippen molar-refractivity contribution in [2.45, 2.75) is 6.92 Å². The molecule has 2 heterocycles. The lowest BCUT2D eigenvalue weighted by atomic mass is 10.2. The van der Waals surface area contributed by atoms with Crippen LogP contribution < -0.4 is 4.74 Å². The Morgan fingerprint density at radius 2 is 2.05 bits per heavy atom. The zero-order valence-electron chi connectivity index (χ0n) is 11.2. The molecule has 1 aromatic carbocycles. The summed E-state index contributed by atoms with van der Waals surface area (Å²) in [6.07, 6.45) is 1.56. The van der Waals surface area contributed by atoms with Gasteiger partial charge < -0.3 is 4.74 Å². The van der Waals surface area contributed by atoms with Crippen LogP contribution in [0.5, 0.6) is 5.75 Å². The summed E-state index contributed by atoms with van der Waals surface area (Å²) in [6, 6.07) is 10.9. The fraction of sp³-hybridized carbons (Fsp3) is 0.133. The molecule has 0 N–H and O–H groups in total. The third kappa shape index (κ3) is 2.14. The van der Waals surface area contributed by atoms with E-state index in [-0.39, 0.29) is 0 Å². The summed E-state index contributed by atoms with van der Waals surface area (Å²) >= 11 is 0. The minimum Gasteiger partial charge on any atom is -0.421 e. The van der Waals surface area contributed by atoms with Gasteiger partial charge in [0.2, 0.25) is 0 Å². The Balaban J connectivity index is 1.99. The number of rotatable bonds is 2. The quantitative estimate of drug-likeness (QED) is 0.528. The molecule has 0 saturated carbocycles. The summed E-state index contributed by atoms with van der Waals surface area (Å²) in [4.78, 5) is 16.5. The maximum Gasteiger partial charge on any atom is 0.362 e. The molecule has 2 aromatic heterocycles. The number of nitrogens with zero attached hydrogens (tertiary/aromatic N) is 3. The van der Waals surface area contributed by atoms with Crippen LogP contribution in [0.4, 0.5) is 0 Å². The Bertz CT molecular complexity index is 793. The molecule has 5 nitrogen and oxygen atoms in total. The van der Waals surface area contributed by atoms with Gasteiger partial charge in [-0.1, -0.05) is 6.07 Å². The molecule has 0 radical (unpaired) electrons. The van der Waals surface area contributed by atoms with Crippen molar-refractivity contribution in [3.8, 4) is 5.75 Å². The molecule has 0 bridgehead atoms. The van der Waals surface area contributed by atoms with Gasteiger partial charge in [0.25, 0.3) is 0 Å². The highest BCUT2D eigenvalue weighted by atomic mass is 16.5. The van der Waals surface area contributed by atoms with Crippen molar-refractivity contribution in [2.24, 2.45) is 7.05 Å².